The highest BCUT2D eigenvalue weighted by Crippen LogP contribution is 2.16. The minimum absolute atomic E-state index is 0.680. The molecule has 0 unspecified atom stereocenters. The van der Waals surface area contributed by atoms with E-state index in [4.69, 9.17) is 6.42 Å². The largest absolute Gasteiger partial charge is 0.226 e. The van der Waals surface area contributed by atoms with Gasteiger partial charge in [-0.3, -0.25) is 0 Å². The lowest BCUT2D eigenvalue weighted by molar-refractivity contribution is 0.596. The number of rotatable bonds is 4. The van der Waals surface area contributed by atoms with Gasteiger partial charge in [-0.1, -0.05) is 12.0 Å². The van der Waals surface area contributed by atoms with Crippen LogP contribution in [-0.2, 0) is 0 Å². The predicted molar refractivity (Wildman–Crippen MR) is 52.2 cm³/mol. The summed E-state index contributed by atoms with van der Waals surface area (Å²) in [6, 6.07) is 0. The standard InChI is InChI=1S/C6H8INS/c1-3-5-8(9-7)6-4-2/h1,4H,2,5-6H2. The first-order valence-electron chi connectivity index (χ1n) is 2.43. The summed E-state index contributed by atoms with van der Waals surface area (Å²) in [4.78, 5) is 0. The summed E-state index contributed by atoms with van der Waals surface area (Å²) >= 11 is 2.20. The van der Waals surface area contributed by atoms with Crippen molar-refractivity contribution in [2.45, 2.75) is 0 Å². The first kappa shape index (κ1) is 9.34. The Morgan fingerprint density at radius 1 is 1.89 bits per heavy atom. The van der Waals surface area contributed by atoms with Crippen molar-refractivity contribution in [2.24, 2.45) is 0 Å². The van der Waals surface area contributed by atoms with Crippen molar-refractivity contribution in [1.29, 1.82) is 0 Å². The Morgan fingerprint density at radius 2 is 2.56 bits per heavy atom. The molecule has 0 aliphatic carbocycles. The lowest BCUT2D eigenvalue weighted by Gasteiger charge is -2.10. The van der Waals surface area contributed by atoms with E-state index in [9.17, 15) is 0 Å². The summed E-state index contributed by atoms with van der Waals surface area (Å²) in [5.41, 5.74) is 0. The molecule has 0 fully saturated rings. The molecule has 1 nitrogen and oxygen atoms in total. The molecule has 3 heteroatoms. The van der Waals surface area contributed by atoms with Crippen LogP contribution in [0.4, 0.5) is 0 Å². The van der Waals surface area contributed by atoms with Gasteiger partial charge in [0.15, 0.2) is 0 Å². The molecule has 0 aliphatic rings. The number of hydrogen-bond acceptors (Lipinski definition) is 2. The van der Waals surface area contributed by atoms with Crippen LogP contribution in [-0.4, -0.2) is 17.4 Å². The number of terminal acetylenes is 1. The van der Waals surface area contributed by atoms with Crippen molar-refractivity contribution >= 4 is 30.3 Å². The van der Waals surface area contributed by atoms with Crippen LogP contribution in [0.25, 0.3) is 0 Å². The Hall–Kier alpha value is 0.340. The van der Waals surface area contributed by atoms with Crippen molar-refractivity contribution in [3.8, 4) is 12.3 Å². The fraction of sp³-hybridized carbons (Fsp3) is 0.333. The zero-order chi connectivity index (χ0) is 7.11. The second-order valence-electron chi connectivity index (χ2n) is 1.38. The van der Waals surface area contributed by atoms with Gasteiger partial charge < -0.3 is 0 Å². The van der Waals surface area contributed by atoms with Gasteiger partial charge >= 0.3 is 0 Å². The summed E-state index contributed by atoms with van der Waals surface area (Å²) in [7, 11) is 1.61. The molecule has 0 atom stereocenters. The lowest BCUT2D eigenvalue weighted by atomic mass is 10.6. The van der Waals surface area contributed by atoms with Crippen LogP contribution in [0.1, 0.15) is 0 Å². The van der Waals surface area contributed by atoms with Gasteiger partial charge in [0.2, 0.25) is 0 Å². The van der Waals surface area contributed by atoms with E-state index in [0.29, 0.717) is 6.54 Å². The molecule has 0 radical (unpaired) electrons. The Bertz CT molecular complexity index is 119. The van der Waals surface area contributed by atoms with Crippen molar-refractivity contribution in [2.75, 3.05) is 13.1 Å². The Balaban J connectivity index is 3.43. The van der Waals surface area contributed by atoms with Crippen LogP contribution in [0, 0.1) is 12.3 Å². The normalized spacial score (nSPS) is 9.00. The molecule has 50 valence electrons. The number of hydrogen-bond donors (Lipinski definition) is 0. The highest BCUT2D eigenvalue weighted by Gasteiger charge is 1.95. The van der Waals surface area contributed by atoms with Crippen LogP contribution in [0.15, 0.2) is 12.7 Å². The van der Waals surface area contributed by atoms with Crippen LogP contribution in [0.3, 0.4) is 0 Å². The molecule has 0 saturated carbocycles. The van der Waals surface area contributed by atoms with Gasteiger partial charge in [-0.2, -0.15) is 0 Å². The molecule has 0 amide bonds. The zero-order valence-electron chi connectivity index (χ0n) is 5.01. The van der Waals surface area contributed by atoms with E-state index in [2.05, 4.69) is 33.7 Å². The Labute approximate surface area is 72.6 Å². The summed E-state index contributed by atoms with van der Waals surface area (Å²) < 4.78 is 2.04. The van der Waals surface area contributed by atoms with Crippen molar-refractivity contribution < 1.29 is 0 Å². The Kier molecular flexibility index (Phi) is 6.70. The first-order valence-corrected chi connectivity index (χ1v) is 5.74. The summed E-state index contributed by atoms with van der Waals surface area (Å²) in [5, 5.41) is 0. The van der Waals surface area contributed by atoms with Crippen molar-refractivity contribution in [3.63, 3.8) is 0 Å². The van der Waals surface area contributed by atoms with Gasteiger partial charge in [0.25, 0.3) is 0 Å². The molecule has 9 heavy (non-hydrogen) atoms. The van der Waals surface area contributed by atoms with Crippen molar-refractivity contribution in [1.82, 2.24) is 4.31 Å². The van der Waals surface area contributed by atoms with Crippen LogP contribution >= 0.6 is 30.3 Å². The molecule has 0 N–H and O–H groups in total. The van der Waals surface area contributed by atoms with Crippen molar-refractivity contribution in [3.05, 3.63) is 12.7 Å². The van der Waals surface area contributed by atoms with Crippen LogP contribution < -0.4 is 0 Å². The maximum absolute atomic E-state index is 5.09. The molecule has 0 rings (SSSR count). The SMILES string of the molecule is C#CCN(CC=C)SI. The second kappa shape index (κ2) is 6.46. The third-order valence-corrected chi connectivity index (χ3v) is 2.84. The average molecular weight is 253 g/mol. The minimum atomic E-state index is 0.680. The van der Waals surface area contributed by atoms with E-state index in [0.717, 1.165) is 6.54 Å². The molecule has 0 spiro atoms. The van der Waals surface area contributed by atoms with Gasteiger partial charge in [0, 0.05) is 27.8 Å². The van der Waals surface area contributed by atoms with Gasteiger partial charge in [-0.15, -0.1) is 13.0 Å². The van der Waals surface area contributed by atoms with E-state index in [1.807, 2.05) is 10.4 Å². The maximum atomic E-state index is 5.09. The molecule has 0 aromatic carbocycles. The molecule has 0 saturated heterocycles. The quantitative estimate of drug-likeness (QED) is 0.327. The fourth-order valence-corrected chi connectivity index (χ4v) is 1.55. The summed E-state index contributed by atoms with van der Waals surface area (Å²) in [6.07, 6.45) is 6.93. The van der Waals surface area contributed by atoms with Crippen LogP contribution in [0.5, 0.6) is 0 Å². The van der Waals surface area contributed by atoms with E-state index >= 15 is 0 Å². The molecule has 0 aromatic rings. The highest BCUT2D eigenvalue weighted by atomic mass is 127. The third kappa shape index (κ3) is 4.82. The van der Waals surface area contributed by atoms with E-state index in [-0.39, 0.29) is 0 Å². The molecule has 0 aliphatic heterocycles. The zero-order valence-corrected chi connectivity index (χ0v) is 7.98. The highest BCUT2D eigenvalue weighted by molar-refractivity contribution is 14.2. The van der Waals surface area contributed by atoms with Gasteiger partial charge in [-0.05, 0) is 9.12 Å². The van der Waals surface area contributed by atoms with Gasteiger partial charge in [0.1, 0.15) is 0 Å². The topological polar surface area (TPSA) is 3.24 Å². The minimum Gasteiger partial charge on any atom is -0.226 e. The average Bonchev–Trinajstić information content (AvgIpc) is 1.88. The second-order valence-corrected chi connectivity index (χ2v) is 3.22. The van der Waals surface area contributed by atoms with E-state index in [1.165, 1.54) is 0 Å². The summed E-state index contributed by atoms with van der Waals surface area (Å²) in [6.45, 7) is 5.13. The molecular weight excluding hydrogens is 245 g/mol. The number of nitrogens with zero attached hydrogens (tertiary/aromatic N) is 1. The molecule has 0 aromatic heterocycles. The third-order valence-electron chi connectivity index (χ3n) is 0.698. The van der Waals surface area contributed by atoms with Crippen LogP contribution in [0.2, 0.25) is 0 Å². The molecular formula is C6H8INS. The Morgan fingerprint density at radius 3 is 2.89 bits per heavy atom. The predicted octanol–water partition coefficient (Wildman–Crippen LogP) is 2.11. The van der Waals surface area contributed by atoms with E-state index in [1.54, 1.807) is 9.12 Å². The number of halogens is 1. The molecule has 0 heterocycles. The van der Waals surface area contributed by atoms with E-state index < -0.39 is 0 Å². The smallest absolute Gasteiger partial charge is 0.0709 e. The van der Waals surface area contributed by atoms with Gasteiger partial charge in [-0.25, -0.2) is 4.31 Å². The fourth-order valence-electron chi connectivity index (χ4n) is 0.363. The maximum Gasteiger partial charge on any atom is 0.0709 e. The molecule has 0 bridgehead atoms. The lowest BCUT2D eigenvalue weighted by Crippen LogP contribution is -2.13. The first-order chi connectivity index (χ1) is 4.35. The monoisotopic (exact) mass is 253 g/mol. The summed E-state index contributed by atoms with van der Waals surface area (Å²) in [5.74, 6) is 2.56. The van der Waals surface area contributed by atoms with Gasteiger partial charge in [0.05, 0.1) is 6.54 Å².